The third-order valence-electron chi connectivity index (χ3n) is 4.12. The fourth-order valence-corrected chi connectivity index (χ4v) is 3.76. The lowest BCUT2D eigenvalue weighted by molar-refractivity contribution is 0.223. The summed E-state index contributed by atoms with van der Waals surface area (Å²) in [6, 6.07) is 13.6. The summed E-state index contributed by atoms with van der Waals surface area (Å²) in [6.45, 7) is 7.88. The van der Waals surface area contributed by atoms with Gasteiger partial charge in [-0.1, -0.05) is 26.0 Å². The van der Waals surface area contributed by atoms with Crippen LogP contribution in [0.25, 0.3) is 20.2 Å². The van der Waals surface area contributed by atoms with E-state index in [1.54, 1.807) is 11.3 Å². The number of nitrogens with zero attached hydrogens (tertiary/aromatic N) is 1. The van der Waals surface area contributed by atoms with E-state index < -0.39 is 0 Å². The Morgan fingerprint density at radius 2 is 1.74 bits per heavy atom. The van der Waals surface area contributed by atoms with E-state index in [-0.39, 0.29) is 5.43 Å². The second-order valence-corrected chi connectivity index (χ2v) is 6.54. The Labute approximate surface area is 140 Å². The van der Waals surface area contributed by atoms with Gasteiger partial charge in [-0.15, -0.1) is 11.3 Å². The molecule has 23 heavy (non-hydrogen) atoms. The molecule has 0 N–H and O–H groups in total. The van der Waals surface area contributed by atoms with Crippen molar-refractivity contribution in [2.45, 2.75) is 13.8 Å². The fraction of sp³-hybridized carbons (Fsp3) is 0.316. The fourth-order valence-electron chi connectivity index (χ4n) is 2.70. The predicted molar refractivity (Wildman–Crippen MR) is 98.9 cm³/mol. The highest BCUT2D eigenvalue weighted by atomic mass is 32.1. The number of rotatable bonds is 6. The van der Waals surface area contributed by atoms with E-state index in [1.807, 2.05) is 42.5 Å². The van der Waals surface area contributed by atoms with E-state index in [0.717, 1.165) is 45.6 Å². The molecule has 0 fully saturated rings. The topological polar surface area (TPSA) is 29.5 Å². The molecule has 0 aliphatic rings. The Kier molecular flexibility index (Phi) is 4.94. The van der Waals surface area contributed by atoms with Gasteiger partial charge in [0.1, 0.15) is 12.4 Å². The van der Waals surface area contributed by atoms with Crippen LogP contribution in [0.3, 0.4) is 0 Å². The van der Waals surface area contributed by atoms with Gasteiger partial charge in [0, 0.05) is 26.7 Å². The summed E-state index contributed by atoms with van der Waals surface area (Å²) in [5, 5.41) is 1.53. The molecule has 0 amide bonds. The summed E-state index contributed by atoms with van der Waals surface area (Å²) in [4.78, 5) is 15.0. The van der Waals surface area contributed by atoms with Crippen LogP contribution >= 0.6 is 11.3 Å². The summed E-state index contributed by atoms with van der Waals surface area (Å²) in [7, 11) is 0. The normalized spacial score (nSPS) is 11.4. The number of fused-ring (bicyclic) bond motifs is 2. The minimum absolute atomic E-state index is 0.0866. The molecule has 1 aromatic heterocycles. The molecule has 0 spiro atoms. The number of likely N-dealkylation sites (N-methyl/N-ethyl adjacent to an activating group) is 1. The van der Waals surface area contributed by atoms with Gasteiger partial charge in [-0.25, -0.2) is 0 Å². The predicted octanol–water partition coefficient (Wildman–Crippen LogP) is 4.14. The van der Waals surface area contributed by atoms with Crippen molar-refractivity contribution in [2.24, 2.45) is 0 Å². The molecule has 120 valence electrons. The molecule has 3 rings (SSSR count). The standard InChI is InChI=1S/C19H21NO2S/c1-3-20(4-2)11-12-22-14-9-10-18-16(13-14)19(21)15-7-5-6-8-17(15)23-18/h5-10,13H,3-4,11-12H2,1-2H3. The van der Waals surface area contributed by atoms with Crippen LogP contribution in [0.4, 0.5) is 0 Å². The Balaban J connectivity index is 1.88. The third-order valence-corrected chi connectivity index (χ3v) is 5.27. The van der Waals surface area contributed by atoms with Crippen molar-refractivity contribution in [3.05, 3.63) is 52.7 Å². The van der Waals surface area contributed by atoms with Gasteiger partial charge in [-0.05, 0) is 43.4 Å². The van der Waals surface area contributed by atoms with Crippen LogP contribution in [0.15, 0.2) is 47.3 Å². The number of hydrogen-bond acceptors (Lipinski definition) is 4. The van der Waals surface area contributed by atoms with E-state index in [4.69, 9.17) is 4.74 Å². The molecule has 0 atom stereocenters. The van der Waals surface area contributed by atoms with Crippen LogP contribution < -0.4 is 10.2 Å². The second-order valence-electron chi connectivity index (χ2n) is 5.46. The largest absolute Gasteiger partial charge is 0.492 e. The highest BCUT2D eigenvalue weighted by molar-refractivity contribution is 7.24. The number of ether oxygens (including phenoxy) is 1. The Bertz CT molecular complexity index is 868. The monoisotopic (exact) mass is 327 g/mol. The van der Waals surface area contributed by atoms with Crippen molar-refractivity contribution in [1.82, 2.24) is 4.90 Å². The van der Waals surface area contributed by atoms with Crippen molar-refractivity contribution in [3.63, 3.8) is 0 Å². The van der Waals surface area contributed by atoms with Crippen molar-refractivity contribution in [3.8, 4) is 5.75 Å². The van der Waals surface area contributed by atoms with E-state index in [1.165, 1.54) is 0 Å². The highest BCUT2D eigenvalue weighted by Gasteiger charge is 2.07. The molecule has 0 unspecified atom stereocenters. The van der Waals surface area contributed by atoms with Crippen LogP contribution in [0.2, 0.25) is 0 Å². The molecule has 0 aliphatic carbocycles. The van der Waals surface area contributed by atoms with Crippen LogP contribution in [0, 0.1) is 0 Å². The zero-order valence-electron chi connectivity index (χ0n) is 13.5. The first-order chi connectivity index (χ1) is 11.2. The molecular formula is C19H21NO2S. The van der Waals surface area contributed by atoms with Gasteiger partial charge < -0.3 is 9.64 Å². The van der Waals surface area contributed by atoms with Gasteiger partial charge in [0.2, 0.25) is 0 Å². The van der Waals surface area contributed by atoms with Crippen LogP contribution in [0.5, 0.6) is 5.75 Å². The minimum Gasteiger partial charge on any atom is -0.492 e. The summed E-state index contributed by atoms with van der Waals surface area (Å²) in [5.41, 5.74) is 0.0866. The molecule has 0 saturated carbocycles. The molecule has 0 bridgehead atoms. The van der Waals surface area contributed by atoms with Crippen molar-refractivity contribution < 1.29 is 4.74 Å². The van der Waals surface area contributed by atoms with Gasteiger partial charge in [0.05, 0.1) is 0 Å². The first kappa shape index (κ1) is 16.0. The maximum Gasteiger partial charge on any atom is 0.196 e. The van der Waals surface area contributed by atoms with Gasteiger partial charge >= 0.3 is 0 Å². The number of hydrogen-bond donors (Lipinski definition) is 0. The van der Waals surface area contributed by atoms with E-state index >= 15 is 0 Å². The maximum atomic E-state index is 12.7. The van der Waals surface area contributed by atoms with E-state index in [9.17, 15) is 4.79 Å². The molecule has 0 saturated heterocycles. The summed E-state index contributed by atoms with van der Waals surface area (Å²) in [5.74, 6) is 0.768. The molecule has 1 heterocycles. The minimum atomic E-state index is 0.0866. The molecule has 0 radical (unpaired) electrons. The molecule has 3 nitrogen and oxygen atoms in total. The second kappa shape index (κ2) is 7.11. The first-order valence-corrected chi connectivity index (χ1v) is 8.85. The average Bonchev–Trinajstić information content (AvgIpc) is 2.59. The van der Waals surface area contributed by atoms with Crippen molar-refractivity contribution in [1.29, 1.82) is 0 Å². The van der Waals surface area contributed by atoms with Crippen LogP contribution in [-0.2, 0) is 0 Å². The summed E-state index contributed by atoms with van der Waals surface area (Å²) in [6.07, 6.45) is 0. The molecular weight excluding hydrogens is 306 g/mol. The Hall–Kier alpha value is -1.91. The summed E-state index contributed by atoms with van der Waals surface area (Å²) < 4.78 is 7.87. The maximum absolute atomic E-state index is 12.7. The lowest BCUT2D eigenvalue weighted by Crippen LogP contribution is -2.27. The van der Waals surface area contributed by atoms with Crippen molar-refractivity contribution in [2.75, 3.05) is 26.2 Å². The highest BCUT2D eigenvalue weighted by Crippen LogP contribution is 2.27. The summed E-state index contributed by atoms with van der Waals surface area (Å²) >= 11 is 1.65. The van der Waals surface area contributed by atoms with Gasteiger partial charge in [0.25, 0.3) is 0 Å². The van der Waals surface area contributed by atoms with Gasteiger partial charge in [-0.3, -0.25) is 4.79 Å². The number of benzene rings is 2. The van der Waals surface area contributed by atoms with E-state index in [2.05, 4.69) is 18.7 Å². The van der Waals surface area contributed by atoms with Gasteiger partial charge in [0.15, 0.2) is 5.43 Å². The van der Waals surface area contributed by atoms with E-state index in [0.29, 0.717) is 6.61 Å². The molecule has 0 aliphatic heterocycles. The zero-order valence-corrected chi connectivity index (χ0v) is 14.4. The van der Waals surface area contributed by atoms with Crippen LogP contribution in [-0.4, -0.2) is 31.1 Å². The first-order valence-electron chi connectivity index (χ1n) is 8.03. The van der Waals surface area contributed by atoms with Gasteiger partial charge in [-0.2, -0.15) is 0 Å². The molecule has 3 aromatic rings. The molecule has 4 heteroatoms. The zero-order chi connectivity index (χ0) is 16.2. The lowest BCUT2D eigenvalue weighted by Gasteiger charge is -2.18. The SMILES string of the molecule is CCN(CC)CCOc1ccc2sc3ccccc3c(=O)c2c1. The van der Waals surface area contributed by atoms with Crippen LogP contribution in [0.1, 0.15) is 13.8 Å². The smallest absolute Gasteiger partial charge is 0.196 e. The molecule has 2 aromatic carbocycles. The Morgan fingerprint density at radius 1 is 1.00 bits per heavy atom. The lowest BCUT2D eigenvalue weighted by atomic mass is 10.2. The average molecular weight is 327 g/mol. The third kappa shape index (κ3) is 3.38. The van der Waals surface area contributed by atoms with Crippen molar-refractivity contribution >= 4 is 31.5 Å². The quantitative estimate of drug-likeness (QED) is 0.637. The Morgan fingerprint density at radius 3 is 2.52 bits per heavy atom.